The van der Waals surface area contributed by atoms with Crippen molar-refractivity contribution in [1.29, 1.82) is 0 Å². The van der Waals surface area contributed by atoms with Crippen LogP contribution in [-0.4, -0.2) is 49.7 Å². The van der Waals surface area contributed by atoms with Crippen molar-refractivity contribution in [3.63, 3.8) is 0 Å². The van der Waals surface area contributed by atoms with Crippen LogP contribution < -0.4 is 5.32 Å². The van der Waals surface area contributed by atoms with Gasteiger partial charge in [-0.15, -0.1) is 0 Å². The summed E-state index contributed by atoms with van der Waals surface area (Å²) in [5.41, 5.74) is 3.62. The van der Waals surface area contributed by atoms with Gasteiger partial charge in [-0.2, -0.15) is 13.2 Å². The Morgan fingerprint density at radius 3 is 2.24 bits per heavy atom. The van der Waals surface area contributed by atoms with Gasteiger partial charge in [-0.3, -0.25) is 9.59 Å². The Bertz CT molecular complexity index is 607. The summed E-state index contributed by atoms with van der Waals surface area (Å²) in [7, 11) is 1.42. The van der Waals surface area contributed by atoms with Crippen LogP contribution in [0.1, 0.15) is 23.1 Å². The van der Waals surface area contributed by atoms with E-state index in [1.807, 2.05) is 32.9 Å². The molecule has 0 radical (unpaired) electrons. The lowest BCUT2D eigenvalue weighted by Crippen LogP contribution is -2.35. The number of nitrogens with zero attached hydrogens (tertiary/aromatic N) is 1. The van der Waals surface area contributed by atoms with Gasteiger partial charge in [0, 0.05) is 12.7 Å². The summed E-state index contributed by atoms with van der Waals surface area (Å²) in [5.74, 6) is -0.836. The topological polar surface area (TPSA) is 58.6 Å². The number of carbonyl (C=O) groups is 2. The first-order valence-corrected chi connectivity index (χ1v) is 7.75. The van der Waals surface area contributed by atoms with Gasteiger partial charge in [0.05, 0.1) is 19.6 Å². The molecule has 1 N–H and O–H groups in total. The number of halogens is 3. The van der Waals surface area contributed by atoms with Crippen molar-refractivity contribution in [3.8, 4) is 0 Å². The zero-order chi connectivity index (χ0) is 19.2. The van der Waals surface area contributed by atoms with Crippen LogP contribution in [0.15, 0.2) is 12.1 Å². The maximum Gasteiger partial charge on any atom is 0.411 e. The molecule has 25 heavy (non-hydrogen) atoms. The molecule has 0 aromatic heterocycles. The molecule has 0 aliphatic carbocycles. The number of amides is 2. The highest BCUT2D eigenvalue weighted by Crippen LogP contribution is 2.21. The second-order valence-corrected chi connectivity index (χ2v) is 5.99. The minimum Gasteiger partial charge on any atom is -0.372 e. The normalized spacial score (nSPS) is 11.3. The Morgan fingerprint density at radius 2 is 1.72 bits per heavy atom. The molecule has 1 rings (SSSR count). The van der Waals surface area contributed by atoms with Crippen LogP contribution in [0, 0.1) is 20.8 Å². The fourth-order valence-electron chi connectivity index (χ4n) is 2.40. The molecule has 0 aliphatic rings. The molecular formula is C17H23F3N2O3. The van der Waals surface area contributed by atoms with Crippen molar-refractivity contribution in [3.05, 3.63) is 28.8 Å². The van der Waals surface area contributed by atoms with Crippen molar-refractivity contribution < 1.29 is 27.5 Å². The lowest BCUT2D eigenvalue weighted by Gasteiger charge is -2.18. The number of rotatable bonds is 7. The van der Waals surface area contributed by atoms with Crippen LogP contribution in [0.25, 0.3) is 0 Å². The number of ether oxygens (including phenoxy) is 1. The molecule has 0 atom stereocenters. The molecule has 0 saturated heterocycles. The van der Waals surface area contributed by atoms with E-state index in [1.165, 1.54) is 7.05 Å². The van der Waals surface area contributed by atoms with E-state index >= 15 is 0 Å². The lowest BCUT2D eigenvalue weighted by atomic mass is 10.1. The molecule has 5 nitrogen and oxygen atoms in total. The van der Waals surface area contributed by atoms with Crippen molar-refractivity contribution in [1.82, 2.24) is 4.90 Å². The average Bonchev–Trinajstić information content (AvgIpc) is 2.46. The zero-order valence-corrected chi connectivity index (χ0v) is 14.8. The molecule has 1 aromatic carbocycles. The maximum absolute atomic E-state index is 12.1. The Labute approximate surface area is 145 Å². The quantitative estimate of drug-likeness (QED) is 0.761. The molecule has 140 valence electrons. The number of alkyl halides is 3. The summed E-state index contributed by atoms with van der Waals surface area (Å²) in [6.07, 6.45) is -4.64. The number of nitrogens with one attached hydrogen (secondary N) is 1. The first kappa shape index (κ1) is 21.0. The summed E-state index contributed by atoms with van der Waals surface area (Å²) in [6.45, 7) is 3.78. The number of carbonyl (C=O) groups excluding carboxylic acids is 2. The zero-order valence-electron chi connectivity index (χ0n) is 14.8. The van der Waals surface area contributed by atoms with E-state index in [2.05, 4.69) is 10.1 Å². The van der Waals surface area contributed by atoms with E-state index in [-0.39, 0.29) is 25.5 Å². The van der Waals surface area contributed by atoms with E-state index in [1.54, 1.807) is 0 Å². The van der Waals surface area contributed by atoms with Gasteiger partial charge < -0.3 is 15.0 Å². The standard InChI is InChI=1S/C17H23F3N2O3/c1-11-7-12(2)16(13(3)8-11)21-14(23)9-22(4)15(24)5-6-25-10-17(18,19)20/h7-8H,5-6,9-10H2,1-4H3,(H,21,23). The smallest absolute Gasteiger partial charge is 0.372 e. The van der Waals surface area contributed by atoms with E-state index in [4.69, 9.17) is 0 Å². The highest BCUT2D eigenvalue weighted by molar-refractivity contribution is 5.95. The van der Waals surface area contributed by atoms with Crippen molar-refractivity contribution in [2.45, 2.75) is 33.4 Å². The van der Waals surface area contributed by atoms with E-state index < -0.39 is 18.7 Å². The fraction of sp³-hybridized carbons (Fsp3) is 0.529. The van der Waals surface area contributed by atoms with Gasteiger partial charge in [-0.1, -0.05) is 17.7 Å². The number of benzene rings is 1. The minimum absolute atomic E-state index is 0.190. The Hall–Kier alpha value is -2.09. The van der Waals surface area contributed by atoms with Crippen LogP contribution in [0.3, 0.4) is 0 Å². The van der Waals surface area contributed by atoms with Gasteiger partial charge in [0.15, 0.2) is 0 Å². The number of hydrogen-bond acceptors (Lipinski definition) is 3. The Balaban J connectivity index is 2.47. The van der Waals surface area contributed by atoms with Gasteiger partial charge in [0.25, 0.3) is 0 Å². The van der Waals surface area contributed by atoms with Gasteiger partial charge >= 0.3 is 6.18 Å². The third-order valence-electron chi connectivity index (χ3n) is 3.47. The highest BCUT2D eigenvalue weighted by atomic mass is 19.4. The summed E-state index contributed by atoms with van der Waals surface area (Å²) in [5, 5.41) is 2.77. The summed E-state index contributed by atoms with van der Waals surface area (Å²) in [6, 6.07) is 3.88. The molecule has 8 heteroatoms. The molecule has 0 aliphatic heterocycles. The van der Waals surface area contributed by atoms with Gasteiger partial charge in [0.1, 0.15) is 6.61 Å². The molecular weight excluding hydrogens is 337 g/mol. The number of aryl methyl sites for hydroxylation is 3. The first-order valence-electron chi connectivity index (χ1n) is 7.75. The Kier molecular flexibility index (Phi) is 7.41. The molecule has 2 amide bonds. The minimum atomic E-state index is -4.42. The summed E-state index contributed by atoms with van der Waals surface area (Å²) >= 11 is 0. The second-order valence-electron chi connectivity index (χ2n) is 5.99. The SMILES string of the molecule is Cc1cc(C)c(NC(=O)CN(C)C(=O)CCOCC(F)(F)F)c(C)c1. The predicted octanol–water partition coefficient (Wildman–Crippen LogP) is 2.98. The summed E-state index contributed by atoms with van der Waals surface area (Å²) < 4.78 is 40.2. The van der Waals surface area contributed by atoms with Crippen LogP contribution in [0.2, 0.25) is 0 Å². The summed E-state index contributed by atoms with van der Waals surface area (Å²) in [4.78, 5) is 25.1. The van der Waals surface area contributed by atoms with Crippen molar-refractivity contribution in [2.75, 3.05) is 32.1 Å². The first-order chi connectivity index (χ1) is 11.5. The van der Waals surface area contributed by atoms with Crippen LogP contribution in [0.5, 0.6) is 0 Å². The molecule has 0 heterocycles. The molecule has 0 saturated carbocycles. The molecule has 0 bridgehead atoms. The predicted molar refractivity (Wildman–Crippen MR) is 88.4 cm³/mol. The number of likely N-dealkylation sites (N-methyl/N-ethyl adjacent to an activating group) is 1. The molecule has 0 fully saturated rings. The van der Waals surface area contributed by atoms with E-state index in [0.717, 1.165) is 21.6 Å². The van der Waals surface area contributed by atoms with Crippen LogP contribution in [0.4, 0.5) is 18.9 Å². The monoisotopic (exact) mass is 360 g/mol. The Morgan fingerprint density at radius 1 is 1.16 bits per heavy atom. The van der Waals surface area contributed by atoms with Crippen LogP contribution >= 0.6 is 0 Å². The molecule has 0 unspecified atom stereocenters. The van der Waals surface area contributed by atoms with Gasteiger partial charge in [-0.25, -0.2) is 0 Å². The third-order valence-corrected chi connectivity index (χ3v) is 3.47. The molecule has 0 spiro atoms. The van der Waals surface area contributed by atoms with Gasteiger partial charge in [-0.05, 0) is 31.9 Å². The second kappa shape index (κ2) is 8.84. The lowest BCUT2D eigenvalue weighted by molar-refractivity contribution is -0.175. The largest absolute Gasteiger partial charge is 0.411 e. The van der Waals surface area contributed by atoms with Crippen molar-refractivity contribution >= 4 is 17.5 Å². The highest BCUT2D eigenvalue weighted by Gasteiger charge is 2.27. The fourth-order valence-corrected chi connectivity index (χ4v) is 2.40. The van der Waals surface area contributed by atoms with E-state index in [0.29, 0.717) is 5.69 Å². The van der Waals surface area contributed by atoms with Crippen molar-refractivity contribution in [2.24, 2.45) is 0 Å². The third kappa shape index (κ3) is 7.55. The average molecular weight is 360 g/mol. The maximum atomic E-state index is 12.1. The van der Waals surface area contributed by atoms with E-state index in [9.17, 15) is 22.8 Å². The number of hydrogen-bond donors (Lipinski definition) is 1. The van der Waals surface area contributed by atoms with Gasteiger partial charge in [0.2, 0.25) is 11.8 Å². The molecule has 1 aromatic rings. The van der Waals surface area contributed by atoms with Crippen LogP contribution in [-0.2, 0) is 14.3 Å². The number of anilines is 1.